The lowest BCUT2D eigenvalue weighted by Gasteiger charge is -2.32. The fourth-order valence-corrected chi connectivity index (χ4v) is 7.60. The molecule has 1 aromatic carbocycles. The maximum atomic E-state index is 3.69. The van der Waals surface area contributed by atoms with E-state index in [9.17, 15) is 0 Å². The maximum Gasteiger partial charge on any atom is 0.00933 e. The van der Waals surface area contributed by atoms with Crippen LogP contribution in [-0.2, 0) is 0 Å². The summed E-state index contributed by atoms with van der Waals surface area (Å²) >= 11 is 1.95. The average Bonchev–Trinajstić information content (AvgIpc) is 3.70. The van der Waals surface area contributed by atoms with Gasteiger partial charge in [0.1, 0.15) is 0 Å². The van der Waals surface area contributed by atoms with E-state index in [1.54, 1.807) is 0 Å². The van der Waals surface area contributed by atoms with Crippen molar-refractivity contribution in [1.82, 2.24) is 5.32 Å². The molecule has 0 bridgehead atoms. The van der Waals surface area contributed by atoms with Crippen LogP contribution in [0.5, 0.6) is 0 Å². The molecule has 2 heterocycles. The van der Waals surface area contributed by atoms with E-state index in [1.807, 2.05) is 11.3 Å². The van der Waals surface area contributed by atoms with E-state index in [4.69, 9.17) is 0 Å². The van der Waals surface area contributed by atoms with Gasteiger partial charge in [-0.15, -0.1) is 11.3 Å². The largest absolute Gasteiger partial charge is 0.311 e. The van der Waals surface area contributed by atoms with Crippen molar-refractivity contribution in [3.63, 3.8) is 0 Å². The van der Waals surface area contributed by atoms with Crippen molar-refractivity contribution in [3.8, 4) is 0 Å². The SMILES string of the molecule is CC(C)C1CCC(C(C)C)CC1.CC(C)C1CCC(C(C)C)N1.CC(C)c1ccc(C(C)C)cc1.CC(C)c1ccc(C(C)C)s1. The molecule has 1 aromatic heterocycles. The highest BCUT2D eigenvalue weighted by molar-refractivity contribution is 7.12. The summed E-state index contributed by atoms with van der Waals surface area (Å²) in [6.45, 7) is 36.6. The quantitative estimate of drug-likeness (QED) is 0.299. The zero-order valence-corrected chi connectivity index (χ0v) is 34.4. The van der Waals surface area contributed by atoms with Gasteiger partial charge < -0.3 is 5.32 Å². The molecule has 2 aromatic rings. The molecule has 2 heteroatoms. The zero-order valence-electron chi connectivity index (χ0n) is 33.5. The second kappa shape index (κ2) is 21.8. The van der Waals surface area contributed by atoms with E-state index >= 15 is 0 Å². The predicted molar refractivity (Wildman–Crippen MR) is 212 cm³/mol. The first-order valence-corrected chi connectivity index (χ1v) is 20.2. The molecule has 2 unspecified atom stereocenters. The van der Waals surface area contributed by atoms with E-state index in [0.717, 1.165) is 47.6 Å². The Bertz CT molecular complexity index is 935. The summed E-state index contributed by atoms with van der Waals surface area (Å²) in [5.74, 6) is 8.16. The third-order valence-corrected chi connectivity index (χ3v) is 12.3. The van der Waals surface area contributed by atoms with Gasteiger partial charge in [0.2, 0.25) is 0 Å². The molecular formula is C44H79NS. The summed E-state index contributed by atoms with van der Waals surface area (Å²) < 4.78 is 0. The Morgan fingerprint density at radius 1 is 0.413 bits per heavy atom. The van der Waals surface area contributed by atoms with Crippen LogP contribution in [-0.4, -0.2) is 12.1 Å². The first-order chi connectivity index (χ1) is 21.4. The van der Waals surface area contributed by atoms with E-state index in [2.05, 4.69) is 152 Å². The van der Waals surface area contributed by atoms with Gasteiger partial charge in [0.05, 0.1) is 0 Å². The topological polar surface area (TPSA) is 12.0 Å². The number of hydrogen-bond donors (Lipinski definition) is 1. The van der Waals surface area contributed by atoms with Gasteiger partial charge in [-0.3, -0.25) is 0 Å². The molecule has 46 heavy (non-hydrogen) atoms. The summed E-state index contributed by atoms with van der Waals surface area (Å²) in [7, 11) is 0. The molecule has 1 saturated carbocycles. The Morgan fingerprint density at radius 2 is 0.717 bits per heavy atom. The minimum atomic E-state index is 0.645. The standard InChI is InChI=1S/C12H24.C12H18.C10H21N.C10H16S/c2*1-9(2)11-5-7-12(8-6-11)10(3)4;2*1-7(2)9-5-6-10(11-9)8(3)4/h9-12H,5-8H2,1-4H3;5-10H,1-4H3;7-11H,5-6H2,1-4H3;5-8H,1-4H3. The van der Waals surface area contributed by atoms with Crippen molar-refractivity contribution < 1.29 is 0 Å². The molecule has 1 N–H and O–H groups in total. The lowest BCUT2D eigenvalue weighted by atomic mass is 9.73. The summed E-state index contributed by atoms with van der Waals surface area (Å²) in [4.78, 5) is 3.02. The van der Waals surface area contributed by atoms with Gasteiger partial charge in [-0.05, 0) is 121 Å². The molecule has 4 rings (SSSR count). The van der Waals surface area contributed by atoms with Gasteiger partial charge in [-0.25, -0.2) is 0 Å². The van der Waals surface area contributed by atoms with Gasteiger partial charge in [-0.2, -0.15) is 0 Å². The fraction of sp³-hybridized carbons (Fsp3) is 0.773. The highest BCUT2D eigenvalue weighted by atomic mass is 32.1. The minimum absolute atomic E-state index is 0.645. The molecule has 1 nitrogen and oxygen atoms in total. The Kier molecular flexibility index (Phi) is 20.3. The first kappa shape index (κ1) is 42.9. The second-order valence-electron chi connectivity index (χ2n) is 17.1. The number of rotatable bonds is 8. The lowest BCUT2D eigenvalue weighted by molar-refractivity contribution is 0.189. The Labute approximate surface area is 293 Å². The van der Waals surface area contributed by atoms with Crippen LogP contribution in [0.3, 0.4) is 0 Å². The molecule has 266 valence electrons. The van der Waals surface area contributed by atoms with Crippen LogP contribution in [0.2, 0.25) is 0 Å². The normalized spacial score (nSPS) is 21.6. The Hall–Kier alpha value is -1.12. The molecule has 2 atom stereocenters. The summed E-state index contributed by atoms with van der Waals surface area (Å²) in [6.07, 6.45) is 8.70. The minimum Gasteiger partial charge on any atom is -0.311 e. The third-order valence-electron chi connectivity index (χ3n) is 10.6. The summed E-state index contributed by atoms with van der Waals surface area (Å²) in [5.41, 5.74) is 2.86. The maximum absolute atomic E-state index is 3.69. The van der Waals surface area contributed by atoms with Gasteiger partial charge in [0.15, 0.2) is 0 Å². The molecule has 2 aliphatic rings. The van der Waals surface area contributed by atoms with Gasteiger partial charge in [0.25, 0.3) is 0 Å². The van der Waals surface area contributed by atoms with E-state index < -0.39 is 0 Å². The summed E-state index contributed by atoms with van der Waals surface area (Å²) in [6, 6.07) is 15.0. The van der Waals surface area contributed by atoms with E-state index in [0.29, 0.717) is 23.7 Å². The van der Waals surface area contributed by atoms with Crippen molar-refractivity contribution in [3.05, 3.63) is 57.3 Å². The first-order valence-electron chi connectivity index (χ1n) is 19.4. The molecule has 2 fully saturated rings. The van der Waals surface area contributed by atoms with Crippen LogP contribution in [0.15, 0.2) is 36.4 Å². The van der Waals surface area contributed by atoms with Gasteiger partial charge in [-0.1, -0.05) is 135 Å². The lowest BCUT2D eigenvalue weighted by Crippen LogP contribution is -2.35. The predicted octanol–water partition coefficient (Wildman–Crippen LogP) is 14.5. The zero-order chi connectivity index (χ0) is 35.1. The summed E-state index contributed by atoms with van der Waals surface area (Å²) in [5, 5.41) is 3.69. The Morgan fingerprint density at radius 3 is 0.891 bits per heavy atom. The van der Waals surface area contributed by atoms with Crippen LogP contribution in [0.1, 0.15) is 194 Å². The molecule has 1 aliphatic carbocycles. The van der Waals surface area contributed by atoms with Crippen LogP contribution in [0.4, 0.5) is 0 Å². The van der Waals surface area contributed by atoms with Crippen LogP contribution in [0.25, 0.3) is 0 Å². The van der Waals surface area contributed by atoms with Gasteiger partial charge in [0, 0.05) is 21.8 Å². The third kappa shape index (κ3) is 15.9. The van der Waals surface area contributed by atoms with Crippen LogP contribution in [0, 0.1) is 35.5 Å². The van der Waals surface area contributed by atoms with Crippen LogP contribution < -0.4 is 5.32 Å². The van der Waals surface area contributed by atoms with Crippen molar-refractivity contribution in [2.45, 2.75) is 185 Å². The van der Waals surface area contributed by atoms with Crippen molar-refractivity contribution in [2.24, 2.45) is 35.5 Å². The molecular weight excluding hydrogens is 575 g/mol. The van der Waals surface area contributed by atoms with Crippen molar-refractivity contribution in [2.75, 3.05) is 0 Å². The molecule has 0 spiro atoms. The molecule has 0 amide bonds. The number of hydrogen-bond acceptors (Lipinski definition) is 2. The van der Waals surface area contributed by atoms with Gasteiger partial charge >= 0.3 is 0 Å². The average molecular weight is 654 g/mol. The second-order valence-corrected chi connectivity index (χ2v) is 18.3. The number of nitrogens with one attached hydrogen (secondary N) is 1. The smallest absolute Gasteiger partial charge is 0.00933 e. The fourth-order valence-electron chi connectivity index (χ4n) is 6.59. The molecule has 1 aliphatic heterocycles. The number of thiophene rings is 1. The van der Waals surface area contributed by atoms with Crippen molar-refractivity contribution >= 4 is 11.3 Å². The van der Waals surface area contributed by atoms with Crippen molar-refractivity contribution in [1.29, 1.82) is 0 Å². The number of benzene rings is 1. The highest BCUT2D eigenvalue weighted by Crippen LogP contribution is 2.36. The van der Waals surface area contributed by atoms with Crippen LogP contribution >= 0.6 is 11.3 Å². The molecule has 0 radical (unpaired) electrons. The van der Waals surface area contributed by atoms with E-state index in [-0.39, 0.29) is 0 Å². The highest BCUT2D eigenvalue weighted by Gasteiger charge is 2.27. The monoisotopic (exact) mass is 654 g/mol. The van der Waals surface area contributed by atoms with E-state index in [1.165, 1.54) is 59.4 Å². The Balaban J connectivity index is 0.000000307. The molecule has 1 saturated heterocycles.